The van der Waals surface area contributed by atoms with Gasteiger partial charge in [0, 0.05) is 29.2 Å². The fraction of sp³-hybridized carbons (Fsp3) is 0.367. The van der Waals surface area contributed by atoms with E-state index in [1.54, 1.807) is 36.4 Å². The summed E-state index contributed by atoms with van der Waals surface area (Å²) in [5.41, 5.74) is 7.62. The SMILES string of the molecule is C=CC(=O)Nc1cccc(Nc2nc(Nc3ccc(OCCCCCC4CCCCC4N)c(F)c3)ncc2F)c1. The van der Waals surface area contributed by atoms with E-state index in [1.807, 2.05) is 0 Å². The number of carbonyl (C=O) groups is 1. The summed E-state index contributed by atoms with van der Waals surface area (Å²) in [4.78, 5) is 19.7. The van der Waals surface area contributed by atoms with Gasteiger partial charge in [-0.1, -0.05) is 38.3 Å². The molecule has 2 atom stereocenters. The third-order valence-corrected chi connectivity index (χ3v) is 6.96. The average molecular weight is 551 g/mol. The Balaban J connectivity index is 1.27. The quantitative estimate of drug-likeness (QED) is 0.136. The Hall–Kier alpha value is -4.05. The molecule has 3 aromatic rings. The average Bonchev–Trinajstić information content (AvgIpc) is 2.94. The number of benzene rings is 2. The second-order valence-corrected chi connectivity index (χ2v) is 9.97. The van der Waals surface area contributed by atoms with Crippen molar-refractivity contribution in [3.8, 4) is 5.75 Å². The summed E-state index contributed by atoms with van der Waals surface area (Å²) in [6, 6.07) is 11.5. The number of amides is 1. The van der Waals surface area contributed by atoms with Gasteiger partial charge in [0.25, 0.3) is 0 Å². The number of ether oxygens (including phenoxy) is 1. The summed E-state index contributed by atoms with van der Waals surface area (Å²) in [7, 11) is 0. The molecule has 0 saturated heterocycles. The van der Waals surface area contributed by atoms with Gasteiger partial charge in [-0.3, -0.25) is 4.79 Å². The Labute approximate surface area is 233 Å². The number of hydrogen-bond donors (Lipinski definition) is 4. The highest BCUT2D eigenvalue weighted by Crippen LogP contribution is 2.28. The van der Waals surface area contributed by atoms with Crippen molar-refractivity contribution in [3.05, 3.63) is 73.0 Å². The molecule has 0 radical (unpaired) electrons. The molecule has 0 aliphatic heterocycles. The fourth-order valence-corrected chi connectivity index (χ4v) is 4.81. The first-order valence-electron chi connectivity index (χ1n) is 13.7. The first-order chi connectivity index (χ1) is 19.4. The van der Waals surface area contributed by atoms with E-state index < -0.39 is 11.6 Å². The van der Waals surface area contributed by atoms with E-state index in [4.69, 9.17) is 10.5 Å². The minimum absolute atomic E-state index is 0.0748. The second kappa shape index (κ2) is 14.4. The molecule has 212 valence electrons. The van der Waals surface area contributed by atoms with Gasteiger partial charge >= 0.3 is 0 Å². The van der Waals surface area contributed by atoms with E-state index in [9.17, 15) is 13.6 Å². The Morgan fingerprint density at radius 3 is 2.62 bits per heavy atom. The van der Waals surface area contributed by atoms with Crippen LogP contribution in [0, 0.1) is 17.6 Å². The smallest absolute Gasteiger partial charge is 0.247 e. The lowest BCUT2D eigenvalue weighted by atomic mass is 9.82. The third-order valence-electron chi connectivity index (χ3n) is 6.96. The zero-order valence-electron chi connectivity index (χ0n) is 22.5. The molecule has 0 spiro atoms. The highest BCUT2D eigenvalue weighted by atomic mass is 19.1. The summed E-state index contributed by atoms with van der Waals surface area (Å²) in [5, 5.41) is 8.39. The largest absolute Gasteiger partial charge is 0.491 e. The first kappa shape index (κ1) is 28.9. The van der Waals surface area contributed by atoms with Crippen molar-refractivity contribution in [2.75, 3.05) is 22.6 Å². The van der Waals surface area contributed by atoms with E-state index in [2.05, 4.69) is 32.5 Å². The van der Waals surface area contributed by atoms with E-state index in [0.717, 1.165) is 44.4 Å². The van der Waals surface area contributed by atoms with Crippen LogP contribution in [0.25, 0.3) is 0 Å². The van der Waals surface area contributed by atoms with Gasteiger partial charge in [0.05, 0.1) is 12.8 Å². The van der Waals surface area contributed by atoms with Crippen LogP contribution in [0.15, 0.2) is 61.3 Å². The monoisotopic (exact) mass is 550 g/mol. The van der Waals surface area contributed by atoms with Gasteiger partial charge in [0.15, 0.2) is 23.2 Å². The minimum Gasteiger partial charge on any atom is -0.491 e. The number of hydrogen-bond acceptors (Lipinski definition) is 7. The van der Waals surface area contributed by atoms with Gasteiger partial charge in [-0.2, -0.15) is 4.98 Å². The van der Waals surface area contributed by atoms with Crippen molar-refractivity contribution in [1.82, 2.24) is 9.97 Å². The number of nitrogens with two attached hydrogens (primary N) is 1. The van der Waals surface area contributed by atoms with Crippen LogP contribution >= 0.6 is 0 Å². The molecule has 0 bridgehead atoms. The third kappa shape index (κ3) is 8.47. The van der Waals surface area contributed by atoms with E-state index >= 15 is 0 Å². The molecule has 1 amide bonds. The van der Waals surface area contributed by atoms with Gasteiger partial charge in [0.1, 0.15) is 0 Å². The van der Waals surface area contributed by atoms with Crippen LogP contribution in [0.1, 0.15) is 51.4 Å². The lowest BCUT2D eigenvalue weighted by Crippen LogP contribution is -2.32. The van der Waals surface area contributed by atoms with Gasteiger partial charge in [-0.25, -0.2) is 13.8 Å². The maximum Gasteiger partial charge on any atom is 0.247 e. The summed E-state index contributed by atoms with van der Waals surface area (Å²) < 4.78 is 34.7. The molecule has 10 heteroatoms. The molecule has 8 nitrogen and oxygen atoms in total. The van der Waals surface area contributed by atoms with Crippen molar-refractivity contribution in [3.63, 3.8) is 0 Å². The van der Waals surface area contributed by atoms with E-state index in [1.165, 1.54) is 25.3 Å². The van der Waals surface area contributed by atoms with Gasteiger partial charge in [-0.15, -0.1) is 0 Å². The van der Waals surface area contributed by atoms with Crippen molar-refractivity contribution < 1.29 is 18.3 Å². The second-order valence-electron chi connectivity index (χ2n) is 9.97. The summed E-state index contributed by atoms with van der Waals surface area (Å²) in [5.74, 6) is -0.769. The number of rotatable bonds is 13. The Morgan fingerprint density at radius 2 is 1.82 bits per heavy atom. The van der Waals surface area contributed by atoms with Gasteiger partial charge < -0.3 is 26.4 Å². The molecule has 2 aromatic carbocycles. The molecule has 4 rings (SSSR count). The number of aromatic nitrogens is 2. The lowest BCUT2D eigenvalue weighted by Gasteiger charge is -2.28. The molecular weight excluding hydrogens is 514 g/mol. The number of anilines is 5. The number of nitrogens with one attached hydrogen (secondary N) is 3. The maximum absolute atomic E-state index is 14.7. The first-order valence-corrected chi connectivity index (χ1v) is 13.7. The molecule has 1 heterocycles. The number of nitrogens with zero attached hydrogens (tertiary/aromatic N) is 2. The van der Waals surface area contributed by atoms with Crippen LogP contribution in [0.3, 0.4) is 0 Å². The molecule has 2 unspecified atom stereocenters. The van der Waals surface area contributed by atoms with Crippen LogP contribution < -0.4 is 26.4 Å². The Bertz CT molecular complexity index is 1300. The topological polar surface area (TPSA) is 114 Å². The summed E-state index contributed by atoms with van der Waals surface area (Å²) >= 11 is 0. The van der Waals surface area contributed by atoms with Crippen LogP contribution in [-0.2, 0) is 4.79 Å². The predicted octanol–water partition coefficient (Wildman–Crippen LogP) is 6.82. The normalized spacial score (nSPS) is 16.7. The minimum atomic E-state index is -0.678. The molecule has 1 aliphatic rings. The molecule has 1 saturated carbocycles. The highest BCUT2D eigenvalue weighted by molar-refractivity contribution is 5.99. The van der Waals surface area contributed by atoms with Crippen LogP contribution in [0.5, 0.6) is 5.75 Å². The van der Waals surface area contributed by atoms with Crippen molar-refractivity contribution in [2.45, 2.75) is 57.4 Å². The maximum atomic E-state index is 14.7. The van der Waals surface area contributed by atoms with Crippen molar-refractivity contribution in [1.29, 1.82) is 0 Å². The molecule has 1 aliphatic carbocycles. The number of carbonyl (C=O) groups excluding carboxylic acids is 1. The molecule has 40 heavy (non-hydrogen) atoms. The lowest BCUT2D eigenvalue weighted by molar-refractivity contribution is -0.111. The van der Waals surface area contributed by atoms with Crippen LogP contribution in [0.4, 0.5) is 37.6 Å². The van der Waals surface area contributed by atoms with Gasteiger partial charge in [0.2, 0.25) is 11.9 Å². The van der Waals surface area contributed by atoms with Crippen LogP contribution in [0.2, 0.25) is 0 Å². The molecule has 1 fully saturated rings. The van der Waals surface area contributed by atoms with Crippen LogP contribution in [-0.4, -0.2) is 28.5 Å². The number of halogens is 2. The molecule has 5 N–H and O–H groups in total. The number of unbranched alkanes of at least 4 members (excludes halogenated alkanes) is 2. The standard InChI is InChI=1S/C30H36F2N6O2/c1-2-28(39)35-21-11-8-12-22(17-21)36-29-25(32)19-34-30(38-29)37-23-14-15-27(24(31)18-23)40-16-7-3-4-9-20-10-5-6-13-26(20)33/h2,8,11-12,14-15,17-20,26H,1,3-7,9-10,13,16,33H2,(H,35,39)(H2,34,36,37,38). The zero-order chi connectivity index (χ0) is 28.3. The van der Waals surface area contributed by atoms with Crippen molar-refractivity contribution in [2.24, 2.45) is 11.7 Å². The Morgan fingerprint density at radius 1 is 1.02 bits per heavy atom. The van der Waals surface area contributed by atoms with E-state index in [0.29, 0.717) is 35.6 Å². The summed E-state index contributed by atoms with van der Waals surface area (Å²) in [6.07, 6.45) is 11.2. The van der Waals surface area contributed by atoms with Gasteiger partial charge in [-0.05, 0) is 68.0 Å². The van der Waals surface area contributed by atoms with E-state index in [-0.39, 0.29) is 23.4 Å². The molecular formula is C30H36F2N6O2. The molecule has 1 aromatic heterocycles. The Kier molecular flexibility index (Phi) is 10.4. The zero-order valence-corrected chi connectivity index (χ0v) is 22.5. The summed E-state index contributed by atoms with van der Waals surface area (Å²) in [6.45, 7) is 3.86. The predicted molar refractivity (Wildman–Crippen MR) is 154 cm³/mol. The fourth-order valence-electron chi connectivity index (χ4n) is 4.81. The highest BCUT2D eigenvalue weighted by Gasteiger charge is 2.20. The van der Waals surface area contributed by atoms with Crippen molar-refractivity contribution >= 4 is 34.7 Å².